The third kappa shape index (κ3) is 4.68. The highest BCUT2D eigenvalue weighted by atomic mass is 19.4. The van der Waals surface area contributed by atoms with E-state index in [0.717, 1.165) is 0 Å². The molecule has 1 rings (SSSR count). The maximum atomic E-state index is 13.1. The first-order chi connectivity index (χ1) is 9.40. The molecule has 0 fully saturated rings. The normalized spacial score (nSPS) is 11.7. The van der Waals surface area contributed by atoms with Crippen LogP contribution in [0.1, 0.15) is 18.1 Å². The van der Waals surface area contributed by atoms with Crippen molar-refractivity contribution in [2.45, 2.75) is 19.6 Å². The molecule has 0 aliphatic carbocycles. The highest BCUT2D eigenvalue weighted by Crippen LogP contribution is 2.34. The molecule has 0 aliphatic heterocycles. The maximum Gasteiger partial charge on any atom is 0.416 e. The predicted molar refractivity (Wildman–Crippen MR) is 74.0 cm³/mol. The standard InChI is InChI=1S/C14H21F3N2O/c1-4-20-8-7-19(3)12-6-5-11(10-18-2)13(9-12)14(15,16)17/h5-6,9,18H,4,7-8,10H2,1-3H3. The smallest absolute Gasteiger partial charge is 0.380 e. The molecule has 0 aromatic heterocycles. The Labute approximate surface area is 117 Å². The van der Waals surface area contributed by atoms with Crippen LogP contribution < -0.4 is 10.2 Å². The first kappa shape index (κ1) is 16.8. The molecule has 0 amide bonds. The highest BCUT2D eigenvalue weighted by Gasteiger charge is 2.33. The molecule has 0 aliphatic rings. The average Bonchev–Trinajstić information content (AvgIpc) is 2.38. The third-order valence-electron chi connectivity index (χ3n) is 2.98. The van der Waals surface area contributed by atoms with Gasteiger partial charge in [-0.1, -0.05) is 6.07 Å². The van der Waals surface area contributed by atoms with Crippen LogP contribution >= 0.6 is 0 Å². The predicted octanol–water partition coefficient (Wildman–Crippen LogP) is 2.90. The van der Waals surface area contributed by atoms with Crippen molar-refractivity contribution in [3.8, 4) is 0 Å². The summed E-state index contributed by atoms with van der Waals surface area (Å²) in [5.74, 6) is 0. The van der Waals surface area contributed by atoms with Crippen molar-refractivity contribution in [2.24, 2.45) is 0 Å². The number of halogens is 3. The molecule has 3 nitrogen and oxygen atoms in total. The molecule has 1 aromatic carbocycles. The van der Waals surface area contributed by atoms with E-state index < -0.39 is 11.7 Å². The van der Waals surface area contributed by atoms with Crippen LogP contribution in [0.5, 0.6) is 0 Å². The maximum absolute atomic E-state index is 13.1. The van der Waals surface area contributed by atoms with Gasteiger partial charge in [0.1, 0.15) is 0 Å². The van der Waals surface area contributed by atoms with E-state index >= 15 is 0 Å². The lowest BCUT2D eigenvalue weighted by atomic mass is 10.1. The van der Waals surface area contributed by atoms with Crippen LogP contribution in [-0.2, 0) is 17.5 Å². The molecule has 0 saturated heterocycles. The van der Waals surface area contributed by atoms with Gasteiger partial charge in [-0.2, -0.15) is 13.2 Å². The van der Waals surface area contributed by atoms with Crippen molar-refractivity contribution in [3.63, 3.8) is 0 Å². The van der Waals surface area contributed by atoms with Gasteiger partial charge in [0, 0.05) is 32.4 Å². The molecule has 1 aromatic rings. The number of anilines is 1. The fourth-order valence-electron chi connectivity index (χ4n) is 1.89. The first-order valence-electron chi connectivity index (χ1n) is 6.53. The number of alkyl halides is 3. The van der Waals surface area contributed by atoms with Crippen LogP contribution in [0.15, 0.2) is 18.2 Å². The molecule has 0 bridgehead atoms. The second-order valence-corrected chi connectivity index (χ2v) is 4.49. The van der Waals surface area contributed by atoms with Gasteiger partial charge in [0.2, 0.25) is 0 Å². The van der Waals surface area contributed by atoms with Crippen LogP contribution in [0.2, 0.25) is 0 Å². The van der Waals surface area contributed by atoms with Crippen LogP contribution in [0.4, 0.5) is 18.9 Å². The van der Waals surface area contributed by atoms with Crippen LogP contribution in [0, 0.1) is 0 Å². The number of nitrogens with zero attached hydrogens (tertiary/aromatic N) is 1. The van der Waals surface area contributed by atoms with Gasteiger partial charge in [0.05, 0.1) is 12.2 Å². The number of nitrogens with one attached hydrogen (secondary N) is 1. The van der Waals surface area contributed by atoms with Gasteiger partial charge >= 0.3 is 6.18 Å². The molecule has 0 unspecified atom stereocenters. The van der Waals surface area contributed by atoms with E-state index in [1.165, 1.54) is 12.1 Å². The summed E-state index contributed by atoms with van der Waals surface area (Å²) in [4.78, 5) is 1.76. The van der Waals surface area contributed by atoms with Crippen molar-refractivity contribution < 1.29 is 17.9 Å². The Balaban J connectivity index is 2.94. The Morgan fingerprint density at radius 2 is 2.00 bits per heavy atom. The molecule has 6 heteroatoms. The van der Waals surface area contributed by atoms with E-state index in [4.69, 9.17) is 4.74 Å². The Hall–Kier alpha value is -1.27. The molecule has 0 saturated carbocycles. The lowest BCUT2D eigenvalue weighted by Gasteiger charge is -2.22. The van der Waals surface area contributed by atoms with Gasteiger partial charge in [-0.05, 0) is 31.7 Å². The fraction of sp³-hybridized carbons (Fsp3) is 0.571. The first-order valence-corrected chi connectivity index (χ1v) is 6.53. The SMILES string of the molecule is CCOCCN(C)c1ccc(CNC)c(C(F)(F)F)c1. The minimum Gasteiger partial charge on any atom is -0.380 e. The number of benzene rings is 1. The summed E-state index contributed by atoms with van der Waals surface area (Å²) in [6.45, 7) is 3.72. The topological polar surface area (TPSA) is 24.5 Å². The molecule has 0 spiro atoms. The zero-order valence-corrected chi connectivity index (χ0v) is 12.0. The van der Waals surface area contributed by atoms with Gasteiger partial charge in [-0.25, -0.2) is 0 Å². The molecular weight excluding hydrogens is 269 g/mol. The third-order valence-corrected chi connectivity index (χ3v) is 2.98. The van der Waals surface area contributed by atoms with Crippen molar-refractivity contribution >= 4 is 5.69 Å². The number of ether oxygens (including phenoxy) is 1. The van der Waals surface area contributed by atoms with E-state index in [9.17, 15) is 13.2 Å². The van der Waals surface area contributed by atoms with Crippen LogP contribution in [-0.4, -0.2) is 33.9 Å². The molecule has 0 heterocycles. The van der Waals surface area contributed by atoms with E-state index in [1.807, 2.05) is 6.92 Å². The number of hydrogen-bond acceptors (Lipinski definition) is 3. The molecular formula is C14H21F3N2O. The monoisotopic (exact) mass is 290 g/mol. The molecule has 0 radical (unpaired) electrons. The summed E-state index contributed by atoms with van der Waals surface area (Å²) in [6.07, 6.45) is -4.34. The summed E-state index contributed by atoms with van der Waals surface area (Å²) in [5, 5.41) is 2.75. The summed E-state index contributed by atoms with van der Waals surface area (Å²) in [7, 11) is 3.38. The largest absolute Gasteiger partial charge is 0.416 e. The highest BCUT2D eigenvalue weighted by molar-refractivity contribution is 5.51. The molecule has 0 atom stereocenters. The lowest BCUT2D eigenvalue weighted by molar-refractivity contribution is -0.138. The molecule has 20 heavy (non-hydrogen) atoms. The van der Waals surface area contributed by atoms with Crippen molar-refractivity contribution in [3.05, 3.63) is 29.3 Å². The second-order valence-electron chi connectivity index (χ2n) is 4.49. The van der Waals surface area contributed by atoms with E-state index in [-0.39, 0.29) is 12.1 Å². The quantitative estimate of drug-likeness (QED) is 0.782. The fourth-order valence-corrected chi connectivity index (χ4v) is 1.89. The van der Waals surface area contributed by atoms with Gasteiger partial charge in [-0.15, -0.1) is 0 Å². The van der Waals surface area contributed by atoms with Gasteiger partial charge in [0.25, 0.3) is 0 Å². The number of hydrogen-bond donors (Lipinski definition) is 1. The Morgan fingerprint density at radius 1 is 1.30 bits per heavy atom. The van der Waals surface area contributed by atoms with Crippen molar-refractivity contribution in [2.75, 3.05) is 38.8 Å². The van der Waals surface area contributed by atoms with E-state index in [0.29, 0.717) is 25.4 Å². The zero-order chi connectivity index (χ0) is 15.2. The minimum absolute atomic E-state index is 0.192. The number of likely N-dealkylation sites (N-methyl/N-ethyl adjacent to an activating group) is 1. The average molecular weight is 290 g/mol. The van der Waals surface area contributed by atoms with Crippen molar-refractivity contribution in [1.82, 2.24) is 5.32 Å². The minimum atomic E-state index is -4.34. The summed E-state index contributed by atoms with van der Waals surface area (Å²) < 4.78 is 44.4. The Kier molecular flexibility index (Phi) is 6.29. The molecule has 1 N–H and O–H groups in total. The Morgan fingerprint density at radius 3 is 2.55 bits per heavy atom. The summed E-state index contributed by atoms with van der Waals surface area (Å²) in [6, 6.07) is 4.41. The van der Waals surface area contributed by atoms with Gasteiger partial charge in [-0.3, -0.25) is 0 Å². The van der Waals surface area contributed by atoms with Crippen LogP contribution in [0.25, 0.3) is 0 Å². The number of rotatable bonds is 7. The van der Waals surface area contributed by atoms with Gasteiger partial charge < -0.3 is 15.0 Å². The molecule has 114 valence electrons. The second kappa shape index (κ2) is 7.50. The lowest BCUT2D eigenvalue weighted by Crippen LogP contribution is -2.23. The van der Waals surface area contributed by atoms with E-state index in [1.54, 1.807) is 25.1 Å². The van der Waals surface area contributed by atoms with E-state index in [2.05, 4.69) is 5.32 Å². The summed E-state index contributed by atoms with van der Waals surface area (Å²) in [5.41, 5.74) is 0.200. The Bertz CT molecular complexity index is 421. The van der Waals surface area contributed by atoms with Crippen molar-refractivity contribution in [1.29, 1.82) is 0 Å². The van der Waals surface area contributed by atoms with Gasteiger partial charge in [0.15, 0.2) is 0 Å². The summed E-state index contributed by atoms with van der Waals surface area (Å²) >= 11 is 0. The zero-order valence-electron chi connectivity index (χ0n) is 12.0. The van der Waals surface area contributed by atoms with Crippen LogP contribution in [0.3, 0.4) is 0 Å².